The van der Waals surface area contributed by atoms with Gasteiger partial charge in [0, 0.05) is 16.0 Å². The maximum atomic E-state index is 13.9. The second-order valence-electron chi connectivity index (χ2n) is 5.97. The molecule has 0 aliphatic carbocycles. The lowest BCUT2D eigenvalue weighted by molar-refractivity contribution is -0.533. The Morgan fingerprint density at radius 1 is 1.17 bits per heavy atom. The fraction of sp³-hybridized carbons (Fsp3) is 0.625. The van der Waals surface area contributed by atoms with Gasteiger partial charge in [-0.2, -0.15) is 13.2 Å². The molecule has 7 heteroatoms. The Morgan fingerprint density at radius 3 is 2.30 bits per heavy atom. The van der Waals surface area contributed by atoms with E-state index in [1.807, 2.05) is 6.92 Å². The number of rotatable bonds is 4. The van der Waals surface area contributed by atoms with E-state index in [1.165, 1.54) is 0 Å². The summed E-state index contributed by atoms with van der Waals surface area (Å²) >= 11 is 3.30. The van der Waals surface area contributed by atoms with E-state index in [2.05, 4.69) is 15.9 Å². The summed E-state index contributed by atoms with van der Waals surface area (Å²) in [5.74, 6) is -2.62. The molecular formula is C16H18BrF3O3. The van der Waals surface area contributed by atoms with Crippen LogP contribution in [0.4, 0.5) is 13.2 Å². The van der Waals surface area contributed by atoms with Crippen LogP contribution in [-0.4, -0.2) is 25.0 Å². The van der Waals surface area contributed by atoms with E-state index >= 15 is 0 Å². The van der Waals surface area contributed by atoms with Crippen LogP contribution in [0.1, 0.15) is 31.7 Å². The second kappa shape index (κ2) is 6.02. The van der Waals surface area contributed by atoms with Gasteiger partial charge < -0.3 is 14.2 Å². The Kier molecular flexibility index (Phi) is 4.50. The molecule has 128 valence electrons. The summed E-state index contributed by atoms with van der Waals surface area (Å²) in [6, 6.07) is 6.75. The molecule has 0 amide bonds. The smallest absolute Gasteiger partial charge is 0.323 e. The maximum Gasteiger partial charge on any atom is 0.418 e. The van der Waals surface area contributed by atoms with Gasteiger partial charge in [0.05, 0.1) is 13.2 Å². The molecule has 2 bridgehead atoms. The first-order chi connectivity index (χ1) is 10.8. The van der Waals surface area contributed by atoms with Crippen molar-refractivity contribution in [3.63, 3.8) is 0 Å². The number of hydrogen-bond donors (Lipinski definition) is 0. The van der Waals surface area contributed by atoms with Crippen molar-refractivity contribution in [2.75, 3.05) is 13.2 Å². The van der Waals surface area contributed by atoms with Crippen molar-refractivity contribution >= 4 is 15.9 Å². The predicted octanol–water partition coefficient (Wildman–Crippen LogP) is 4.74. The van der Waals surface area contributed by atoms with Crippen molar-refractivity contribution in [3.05, 3.63) is 34.3 Å². The standard InChI is InChI=1S/C16H18BrF3O3/c1-2-3-8-14(16(18,19)20)12-9-21-15(23-14,22-10-12)11-4-6-13(17)7-5-11/h4-7,12H,2-3,8-10H2,1H3. The number of unbranched alkanes of at least 4 members (excludes halogenated alkanes) is 1. The Bertz CT molecular complexity index is 553. The topological polar surface area (TPSA) is 27.7 Å². The van der Waals surface area contributed by atoms with Crippen LogP contribution in [0.15, 0.2) is 28.7 Å². The lowest BCUT2D eigenvalue weighted by Crippen LogP contribution is -2.68. The molecule has 0 radical (unpaired) electrons. The molecule has 0 spiro atoms. The number of ether oxygens (including phenoxy) is 3. The summed E-state index contributed by atoms with van der Waals surface area (Å²) in [6.07, 6.45) is -3.45. The quantitative estimate of drug-likeness (QED) is 0.737. The van der Waals surface area contributed by atoms with Crippen LogP contribution in [-0.2, 0) is 20.2 Å². The minimum Gasteiger partial charge on any atom is -0.323 e. The normalized spacial score (nSPS) is 33.9. The van der Waals surface area contributed by atoms with E-state index in [0.29, 0.717) is 18.4 Å². The maximum absolute atomic E-state index is 13.9. The van der Waals surface area contributed by atoms with Crippen LogP contribution in [0.2, 0.25) is 0 Å². The fourth-order valence-corrected chi connectivity index (χ4v) is 3.43. The number of hydrogen-bond acceptors (Lipinski definition) is 3. The molecule has 1 unspecified atom stereocenters. The van der Waals surface area contributed by atoms with Crippen LogP contribution in [0.5, 0.6) is 0 Å². The van der Waals surface area contributed by atoms with Crippen molar-refractivity contribution in [1.29, 1.82) is 0 Å². The average molecular weight is 395 g/mol. The Labute approximate surface area is 141 Å². The van der Waals surface area contributed by atoms with Gasteiger partial charge in [-0.15, -0.1) is 0 Å². The molecule has 0 N–H and O–H groups in total. The van der Waals surface area contributed by atoms with Crippen molar-refractivity contribution in [2.45, 2.75) is 43.9 Å². The largest absolute Gasteiger partial charge is 0.418 e. The van der Waals surface area contributed by atoms with Gasteiger partial charge >= 0.3 is 12.1 Å². The second-order valence-corrected chi connectivity index (χ2v) is 6.89. The number of alkyl halides is 3. The molecule has 23 heavy (non-hydrogen) atoms. The van der Waals surface area contributed by atoms with Gasteiger partial charge in [-0.3, -0.25) is 0 Å². The Morgan fingerprint density at radius 2 is 1.78 bits per heavy atom. The van der Waals surface area contributed by atoms with Gasteiger partial charge in [-0.05, 0) is 30.7 Å². The molecule has 1 aromatic rings. The molecule has 0 saturated carbocycles. The van der Waals surface area contributed by atoms with Crippen LogP contribution in [0.25, 0.3) is 0 Å². The van der Waals surface area contributed by atoms with Gasteiger partial charge in [0.2, 0.25) is 0 Å². The highest BCUT2D eigenvalue weighted by atomic mass is 79.9. The van der Waals surface area contributed by atoms with Gasteiger partial charge in [0.15, 0.2) is 5.60 Å². The van der Waals surface area contributed by atoms with Crippen LogP contribution < -0.4 is 0 Å². The SMILES string of the molecule is CCCCC1(C(F)(F)F)OC2(c3ccc(Br)cc3)OCC1CO2. The molecule has 1 aromatic carbocycles. The molecule has 3 fully saturated rings. The predicted molar refractivity (Wildman–Crippen MR) is 80.6 cm³/mol. The third kappa shape index (κ3) is 2.81. The average Bonchev–Trinajstić information content (AvgIpc) is 2.53. The first-order valence-corrected chi connectivity index (χ1v) is 8.43. The summed E-state index contributed by atoms with van der Waals surface area (Å²) in [6.45, 7) is 1.81. The van der Waals surface area contributed by atoms with Gasteiger partial charge in [0.1, 0.15) is 0 Å². The number of benzene rings is 1. The van der Waals surface area contributed by atoms with E-state index < -0.39 is 23.7 Å². The number of halogens is 4. The van der Waals surface area contributed by atoms with Crippen LogP contribution in [0.3, 0.4) is 0 Å². The third-order valence-electron chi connectivity index (χ3n) is 4.50. The summed E-state index contributed by atoms with van der Waals surface area (Å²) in [7, 11) is 0. The molecular weight excluding hydrogens is 377 g/mol. The lowest BCUT2D eigenvalue weighted by atomic mass is 9.80. The van der Waals surface area contributed by atoms with Crippen LogP contribution >= 0.6 is 15.9 Å². The summed E-state index contributed by atoms with van der Waals surface area (Å²) in [4.78, 5) is 0. The molecule has 3 aliphatic heterocycles. The summed E-state index contributed by atoms with van der Waals surface area (Å²) in [5.41, 5.74) is -1.78. The van der Waals surface area contributed by atoms with Gasteiger partial charge in [0.25, 0.3) is 0 Å². The first kappa shape index (κ1) is 17.2. The molecule has 3 nitrogen and oxygen atoms in total. The molecule has 4 rings (SSSR count). The minimum absolute atomic E-state index is 0.0285. The zero-order valence-corrected chi connectivity index (χ0v) is 14.2. The zero-order valence-electron chi connectivity index (χ0n) is 12.7. The summed E-state index contributed by atoms with van der Waals surface area (Å²) < 4.78 is 59.2. The van der Waals surface area contributed by atoms with Crippen molar-refractivity contribution in [2.24, 2.45) is 5.92 Å². The van der Waals surface area contributed by atoms with E-state index in [4.69, 9.17) is 14.2 Å². The first-order valence-electron chi connectivity index (χ1n) is 7.64. The molecule has 0 aromatic heterocycles. The highest BCUT2D eigenvalue weighted by Gasteiger charge is 2.69. The minimum atomic E-state index is -4.47. The lowest BCUT2D eigenvalue weighted by Gasteiger charge is -2.56. The molecule has 3 saturated heterocycles. The van der Waals surface area contributed by atoms with Crippen LogP contribution in [0, 0.1) is 5.92 Å². The van der Waals surface area contributed by atoms with Crippen molar-refractivity contribution in [1.82, 2.24) is 0 Å². The Balaban J connectivity index is 1.99. The Hall–Kier alpha value is -0.630. The highest BCUT2D eigenvalue weighted by molar-refractivity contribution is 9.10. The zero-order chi connectivity index (χ0) is 16.7. The van der Waals surface area contributed by atoms with E-state index in [-0.39, 0.29) is 19.6 Å². The van der Waals surface area contributed by atoms with Crippen molar-refractivity contribution in [3.8, 4) is 0 Å². The van der Waals surface area contributed by atoms with E-state index in [1.54, 1.807) is 24.3 Å². The van der Waals surface area contributed by atoms with E-state index in [0.717, 1.165) is 4.47 Å². The number of fused-ring (bicyclic) bond motifs is 3. The fourth-order valence-electron chi connectivity index (χ4n) is 3.17. The molecule has 3 heterocycles. The molecule has 3 aliphatic rings. The third-order valence-corrected chi connectivity index (χ3v) is 5.03. The van der Waals surface area contributed by atoms with Gasteiger partial charge in [-0.25, -0.2) is 0 Å². The van der Waals surface area contributed by atoms with Gasteiger partial charge in [-0.1, -0.05) is 35.7 Å². The molecule has 1 atom stereocenters. The van der Waals surface area contributed by atoms with E-state index in [9.17, 15) is 13.2 Å². The summed E-state index contributed by atoms with van der Waals surface area (Å²) in [5, 5.41) is 0. The monoisotopic (exact) mass is 394 g/mol. The highest BCUT2D eigenvalue weighted by Crippen LogP contribution is 2.55. The van der Waals surface area contributed by atoms with Crippen molar-refractivity contribution < 1.29 is 27.4 Å².